The van der Waals surface area contributed by atoms with E-state index in [1.54, 1.807) is 25.1 Å². The van der Waals surface area contributed by atoms with Crippen LogP contribution >= 0.6 is 11.6 Å². The molecule has 0 saturated carbocycles. The van der Waals surface area contributed by atoms with Crippen molar-refractivity contribution in [3.8, 4) is 0 Å². The molecular formula is C24H30ClF3N4O3S. The first-order valence-corrected chi connectivity index (χ1v) is 13.8. The van der Waals surface area contributed by atoms with Crippen LogP contribution in [0.1, 0.15) is 55.0 Å². The smallest absolute Gasteiger partial charge is 0.356 e. The summed E-state index contributed by atoms with van der Waals surface area (Å²) in [6.45, 7) is 5.06. The normalized spacial score (nSPS) is 16.1. The van der Waals surface area contributed by atoms with Crippen LogP contribution in [-0.2, 0) is 34.1 Å². The Bertz CT molecular complexity index is 1200. The van der Waals surface area contributed by atoms with Crippen molar-refractivity contribution in [1.82, 2.24) is 15.0 Å². The number of alkyl halides is 3. The fraction of sp³-hybridized carbons (Fsp3) is 0.500. The molecule has 2 N–H and O–H groups in total. The Labute approximate surface area is 214 Å². The van der Waals surface area contributed by atoms with E-state index in [4.69, 9.17) is 11.6 Å². The SMILES string of the molecule is CC1CCN(c2nc(C(F)(F)F)ccc2CNC(=O)C(C)c2ccc(CNS(C)(=O)=O)c(Cl)c2)CC1. The first-order valence-electron chi connectivity index (χ1n) is 11.6. The second kappa shape index (κ2) is 11.4. The molecule has 1 aliphatic heterocycles. The van der Waals surface area contributed by atoms with Crippen molar-refractivity contribution in [2.24, 2.45) is 5.92 Å². The van der Waals surface area contributed by atoms with Gasteiger partial charge in [-0.2, -0.15) is 13.2 Å². The van der Waals surface area contributed by atoms with E-state index in [9.17, 15) is 26.4 Å². The first kappa shape index (κ1) is 28.2. The molecule has 0 bridgehead atoms. The predicted molar refractivity (Wildman–Crippen MR) is 133 cm³/mol. The van der Waals surface area contributed by atoms with Gasteiger partial charge in [0.05, 0.1) is 12.2 Å². The van der Waals surface area contributed by atoms with Gasteiger partial charge in [0.15, 0.2) is 0 Å². The third-order valence-electron chi connectivity index (χ3n) is 6.28. The number of amides is 1. The summed E-state index contributed by atoms with van der Waals surface area (Å²) in [5, 5.41) is 3.12. The summed E-state index contributed by atoms with van der Waals surface area (Å²) >= 11 is 6.28. The standard InChI is InChI=1S/C24H30ClF3N4O3S/c1-15-8-10-32(11-9-15)22-19(6-7-21(31-22)24(26,27)28)13-29-23(33)16(2)17-4-5-18(20(25)12-17)14-30-36(3,34)35/h4-7,12,15-16,30H,8-11,13-14H2,1-3H3,(H,29,33). The third-order valence-corrected chi connectivity index (χ3v) is 7.30. The number of halogens is 4. The summed E-state index contributed by atoms with van der Waals surface area (Å²) in [5.41, 5.74) is 0.740. The van der Waals surface area contributed by atoms with Gasteiger partial charge in [-0.25, -0.2) is 18.1 Å². The number of rotatable bonds is 8. The maximum Gasteiger partial charge on any atom is 0.433 e. The number of aromatic nitrogens is 1. The molecular weight excluding hydrogens is 517 g/mol. The van der Waals surface area contributed by atoms with Gasteiger partial charge < -0.3 is 10.2 Å². The Balaban J connectivity index is 1.72. The lowest BCUT2D eigenvalue weighted by Gasteiger charge is -2.33. The van der Waals surface area contributed by atoms with Crippen molar-refractivity contribution >= 4 is 33.3 Å². The highest BCUT2D eigenvalue weighted by Crippen LogP contribution is 2.32. The molecule has 1 fully saturated rings. The van der Waals surface area contributed by atoms with Gasteiger partial charge in [-0.3, -0.25) is 4.79 Å². The van der Waals surface area contributed by atoms with Gasteiger partial charge in [0, 0.05) is 36.8 Å². The van der Waals surface area contributed by atoms with Crippen molar-refractivity contribution < 1.29 is 26.4 Å². The zero-order valence-corrected chi connectivity index (χ0v) is 21.9. The molecule has 1 saturated heterocycles. The number of carbonyl (C=O) groups is 1. The highest BCUT2D eigenvalue weighted by Gasteiger charge is 2.34. The second-order valence-electron chi connectivity index (χ2n) is 9.23. The molecule has 1 atom stereocenters. The van der Waals surface area contributed by atoms with Crippen LogP contribution in [0.25, 0.3) is 0 Å². The Morgan fingerprint density at radius 2 is 1.81 bits per heavy atom. The molecule has 1 aliphatic rings. The number of nitrogens with one attached hydrogen (secondary N) is 2. The number of piperidine rings is 1. The van der Waals surface area contributed by atoms with Crippen LogP contribution < -0.4 is 14.9 Å². The summed E-state index contributed by atoms with van der Waals surface area (Å²) in [6.07, 6.45) is -1.80. The number of anilines is 1. The van der Waals surface area contributed by atoms with Crippen LogP contribution in [0.4, 0.5) is 19.0 Å². The van der Waals surface area contributed by atoms with Gasteiger partial charge in [-0.1, -0.05) is 36.7 Å². The second-order valence-corrected chi connectivity index (χ2v) is 11.5. The van der Waals surface area contributed by atoms with Gasteiger partial charge in [0.1, 0.15) is 11.5 Å². The van der Waals surface area contributed by atoms with Crippen LogP contribution in [0.3, 0.4) is 0 Å². The lowest BCUT2D eigenvalue weighted by Crippen LogP contribution is -2.35. The van der Waals surface area contributed by atoms with Crippen molar-refractivity contribution in [2.45, 2.75) is 51.9 Å². The first-order chi connectivity index (χ1) is 16.7. The van der Waals surface area contributed by atoms with Crippen LogP contribution in [0.15, 0.2) is 30.3 Å². The number of carbonyl (C=O) groups excluding carboxylic acids is 1. The number of hydrogen-bond donors (Lipinski definition) is 2. The Morgan fingerprint density at radius 3 is 2.39 bits per heavy atom. The molecule has 0 spiro atoms. The van der Waals surface area contributed by atoms with E-state index in [2.05, 4.69) is 21.9 Å². The summed E-state index contributed by atoms with van der Waals surface area (Å²) in [5.74, 6) is -0.181. The number of hydrogen-bond acceptors (Lipinski definition) is 5. The fourth-order valence-corrected chi connectivity index (χ4v) is 4.61. The van der Waals surface area contributed by atoms with E-state index < -0.39 is 27.8 Å². The lowest BCUT2D eigenvalue weighted by molar-refractivity contribution is -0.141. The van der Waals surface area contributed by atoms with Gasteiger partial charge >= 0.3 is 6.18 Å². The molecule has 0 aliphatic carbocycles. The molecule has 1 aromatic carbocycles. The van der Waals surface area contributed by atoms with Crippen molar-refractivity contribution in [3.05, 3.63) is 57.7 Å². The third kappa shape index (κ3) is 7.57. The molecule has 0 radical (unpaired) electrons. The maximum absolute atomic E-state index is 13.3. The van der Waals surface area contributed by atoms with E-state index in [0.29, 0.717) is 40.7 Å². The molecule has 12 heteroatoms. The van der Waals surface area contributed by atoms with Crippen molar-refractivity contribution in [3.63, 3.8) is 0 Å². The Morgan fingerprint density at radius 1 is 1.17 bits per heavy atom. The Hall–Kier alpha value is -2.37. The van der Waals surface area contributed by atoms with Crippen LogP contribution in [0.2, 0.25) is 5.02 Å². The zero-order valence-electron chi connectivity index (χ0n) is 20.3. The zero-order chi connectivity index (χ0) is 26.7. The van der Waals surface area contributed by atoms with E-state index in [-0.39, 0.29) is 24.8 Å². The van der Waals surface area contributed by atoms with Crippen LogP contribution in [0, 0.1) is 5.92 Å². The van der Waals surface area contributed by atoms with E-state index in [1.165, 1.54) is 6.07 Å². The van der Waals surface area contributed by atoms with Gasteiger partial charge in [-0.05, 0) is 48.9 Å². The Kier molecular flexibility index (Phi) is 8.89. The summed E-state index contributed by atoms with van der Waals surface area (Å²) in [6, 6.07) is 7.24. The molecule has 7 nitrogen and oxygen atoms in total. The molecule has 198 valence electrons. The topological polar surface area (TPSA) is 91.4 Å². The average Bonchev–Trinajstić information content (AvgIpc) is 2.80. The van der Waals surface area contributed by atoms with Crippen LogP contribution in [0.5, 0.6) is 0 Å². The minimum Gasteiger partial charge on any atom is -0.356 e. The van der Waals surface area contributed by atoms with E-state index >= 15 is 0 Å². The highest BCUT2D eigenvalue weighted by molar-refractivity contribution is 7.88. The summed E-state index contributed by atoms with van der Waals surface area (Å²) in [4.78, 5) is 18.6. The van der Waals surface area contributed by atoms with Crippen LogP contribution in [-0.4, -0.2) is 38.7 Å². The van der Waals surface area contributed by atoms with Gasteiger partial charge in [0.25, 0.3) is 0 Å². The maximum atomic E-state index is 13.3. The largest absolute Gasteiger partial charge is 0.433 e. The fourth-order valence-electron chi connectivity index (χ4n) is 3.94. The predicted octanol–water partition coefficient (Wildman–Crippen LogP) is 4.46. The molecule has 2 heterocycles. The summed E-state index contributed by atoms with van der Waals surface area (Å²) in [7, 11) is -3.38. The minimum absolute atomic E-state index is 0.0253. The van der Waals surface area contributed by atoms with E-state index in [1.807, 2.05) is 4.90 Å². The van der Waals surface area contributed by atoms with Crippen molar-refractivity contribution in [1.29, 1.82) is 0 Å². The molecule has 3 rings (SSSR count). The number of sulfonamides is 1. The van der Waals surface area contributed by atoms with Gasteiger partial charge in [-0.15, -0.1) is 0 Å². The quantitative estimate of drug-likeness (QED) is 0.510. The monoisotopic (exact) mass is 546 g/mol. The van der Waals surface area contributed by atoms with Crippen molar-refractivity contribution in [2.75, 3.05) is 24.2 Å². The number of nitrogens with zero attached hydrogens (tertiary/aromatic N) is 2. The lowest BCUT2D eigenvalue weighted by atomic mass is 9.98. The molecule has 1 amide bonds. The molecule has 2 aromatic rings. The molecule has 36 heavy (non-hydrogen) atoms. The highest BCUT2D eigenvalue weighted by atomic mass is 35.5. The molecule has 1 unspecified atom stereocenters. The number of benzene rings is 1. The molecule has 1 aromatic heterocycles. The van der Waals surface area contributed by atoms with Gasteiger partial charge in [0.2, 0.25) is 15.9 Å². The number of pyridine rings is 1. The minimum atomic E-state index is -4.56. The van der Waals surface area contributed by atoms with E-state index in [0.717, 1.165) is 25.2 Å². The summed E-state index contributed by atoms with van der Waals surface area (Å²) < 4.78 is 64.9. The average molecular weight is 547 g/mol.